The maximum atomic E-state index is 12.9. The minimum Gasteiger partial charge on any atom is -0.454 e. The van der Waals surface area contributed by atoms with Gasteiger partial charge in [0.1, 0.15) is 0 Å². The maximum Gasteiger partial charge on any atom is 0.239 e. The highest BCUT2D eigenvalue weighted by Gasteiger charge is 2.27. The number of carbonyl (C=O) groups is 1. The number of ether oxygens (including phenoxy) is 2. The van der Waals surface area contributed by atoms with Crippen LogP contribution in [0.2, 0.25) is 0 Å². The van der Waals surface area contributed by atoms with E-state index in [9.17, 15) is 4.79 Å². The van der Waals surface area contributed by atoms with Crippen LogP contribution in [-0.2, 0) is 17.9 Å². The summed E-state index contributed by atoms with van der Waals surface area (Å²) in [5.74, 6) is 1.84. The molecule has 0 aromatic heterocycles. The molecule has 1 unspecified atom stereocenters. The molecule has 1 atom stereocenters. The number of hydrogen-bond donors (Lipinski definition) is 0. The molecule has 0 aliphatic carbocycles. The molecule has 6 heteroatoms. The van der Waals surface area contributed by atoms with Crippen molar-refractivity contribution in [3.05, 3.63) is 59.7 Å². The molecular weight excluding hydrogens is 366 g/mol. The predicted molar refractivity (Wildman–Crippen MR) is 112 cm³/mol. The molecule has 2 aliphatic heterocycles. The van der Waals surface area contributed by atoms with Gasteiger partial charge < -0.3 is 14.4 Å². The summed E-state index contributed by atoms with van der Waals surface area (Å²) < 4.78 is 10.9. The lowest BCUT2D eigenvalue weighted by molar-refractivity contribution is -0.136. The van der Waals surface area contributed by atoms with Crippen molar-refractivity contribution in [2.24, 2.45) is 0 Å². The van der Waals surface area contributed by atoms with Crippen molar-refractivity contribution in [3.8, 4) is 11.5 Å². The molecule has 0 N–H and O–H groups in total. The van der Waals surface area contributed by atoms with E-state index in [1.54, 1.807) is 0 Å². The molecule has 2 aromatic rings. The summed E-state index contributed by atoms with van der Waals surface area (Å²) >= 11 is 0. The van der Waals surface area contributed by atoms with E-state index in [1.807, 2.05) is 43.1 Å². The van der Waals surface area contributed by atoms with Gasteiger partial charge in [0.25, 0.3) is 0 Å². The third kappa shape index (κ3) is 4.71. The molecule has 1 saturated heterocycles. The molecule has 154 valence electrons. The van der Waals surface area contributed by atoms with Gasteiger partial charge in [-0.15, -0.1) is 0 Å². The minimum atomic E-state index is -0.101. The van der Waals surface area contributed by atoms with Crippen molar-refractivity contribution in [2.45, 2.75) is 26.1 Å². The summed E-state index contributed by atoms with van der Waals surface area (Å²) in [4.78, 5) is 19.4. The molecule has 6 nitrogen and oxygen atoms in total. The molecule has 2 aromatic carbocycles. The van der Waals surface area contributed by atoms with Crippen LogP contribution in [0, 0.1) is 0 Å². The number of piperazine rings is 1. The molecule has 2 heterocycles. The second-order valence-corrected chi connectivity index (χ2v) is 7.86. The summed E-state index contributed by atoms with van der Waals surface area (Å²) in [5, 5.41) is 0. The molecule has 0 bridgehead atoms. The monoisotopic (exact) mass is 395 g/mol. The Morgan fingerprint density at radius 3 is 2.48 bits per heavy atom. The van der Waals surface area contributed by atoms with Crippen LogP contribution in [0.3, 0.4) is 0 Å². The Morgan fingerprint density at radius 2 is 1.72 bits per heavy atom. The largest absolute Gasteiger partial charge is 0.454 e. The number of likely N-dealkylation sites (N-methyl/N-ethyl adjacent to an activating group) is 1. The van der Waals surface area contributed by atoms with Gasteiger partial charge in [-0.3, -0.25) is 14.6 Å². The lowest BCUT2D eigenvalue weighted by Crippen LogP contribution is -2.53. The normalized spacial score (nSPS) is 17.9. The first kappa shape index (κ1) is 19.7. The fraction of sp³-hybridized carbons (Fsp3) is 0.435. The van der Waals surface area contributed by atoms with E-state index in [0.29, 0.717) is 13.3 Å². The first-order valence-corrected chi connectivity index (χ1v) is 10.2. The Kier molecular flexibility index (Phi) is 6.02. The molecule has 0 spiro atoms. The SMILES string of the molecule is CC(C(=O)N(C)Cc1ccccc1)N1CCN(Cc2ccc3c(c2)OCO3)CC1. The second-order valence-electron chi connectivity index (χ2n) is 7.86. The lowest BCUT2D eigenvalue weighted by atomic mass is 10.1. The molecule has 29 heavy (non-hydrogen) atoms. The van der Waals surface area contributed by atoms with Crippen LogP contribution in [0.5, 0.6) is 11.5 Å². The zero-order chi connectivity index (χ0) is 20.2. The molecule has 1 amide bonds. The highest BCUT2D eigenvalue weighted by atomic mass is 16.7. The van der Waals surface area contributed by atoms with Gasteiger partial charge in [-0.1, -0.05) is 36.4 Å². The fourth-order valence-corrected chi connectivity index (χ4v) is 4.02. The molecule has 0 radical (unpaired) electrons. The van der Waals surface area contributed by atoms with Crippen LogP contribution in [0.1, 0.15) is 18.1 Å². The number of fused-ring (bicyclic) bond motifs is 1. The molecular formula is C23H29N3O3. The highest BCUT2D eigenvalue weighted by molar-refractivity contribution is 5.81. The Labute approximate surface area is 172 Å². The average Bonchev–Trinajstić information content (AvgIpc) is 3.22. The summed E-state index contributed by atoms with van der Waals surface area (Å²) in [7, 11) is 1.89. The first-order valence-electron chi connectivity index (χ1n) is 10.2. The molecule has 1 fully saturated rings. The van der Waals surface area contributed by atoms with Gasteiger partial charge in [0.05, 0.1) is 6.04 Å². The third-order valence-electron chi connectivity index (χ3n) is 5.79. The maximum absolute atomic E-state index is 12.9. The Bertz CT molecular complexity index is 835. The van der Waals surface area contributed by atoms with Gasteiger partial charge in [0.15, 0.2) is 11.5 Å². The zero-order valence-corrected chi connectivity index (χ0v) is 17.2. The van der Waals surface area contributed by atoms with E-state index in [1.165, 1.54) is 5.56 Å². The first-order chi connectivity index (χ1) is 14.1. The second kappa shape index (κ2) is 8.84. The Balaban J connectivity index is 1.26. The Hall–Kier alpha value is -2.57. The van der Waals surface area contributed by atoms with E-state index in [2.05, 4.69) is 34.1 Å². The number of nitrogens with zero attached hydrogens (tertiary/aromatic N) is 3. The molecule has 0 saturated carbocycles. The van der Waals surface area contributed by atoms with Crippen LogP contribution in [0.4, 0.5) is 0 Å². The van der Waals surface area contributed by atoms with Crippen molar-refractivity contribution in [3.63, 3.8) is 0 Å². The Morgan fingerprint density at radius 1 is 1.00 bits per heavy atom. The third-order valence-corrected chi connectivity index (χ3v) is 5.79. The summed E-state index contributed by atoms with van der Waals surface area (Å²) in [6, 6.07) is 16.2. The van der Waals surface area contributed by atoms with Gasteiger partial charge in [-0.2, -0.15) is 0 Å². The fourth-order valence-electron chi connectivity index (χ4n) is 4.02. The predicted octanol–water partition coefficient (Wildman–Crippen LogP) is 2.58. The van der Waals surface area contributed by atoms with Crippen molar-refractivity contribution >= 4 is 5.91 Å². The standard InChI is InChI=1S/C23H29N3O3/c1-18(23(27)24(2)15-19-6-4-3-5-7-19)26-12-10-25(11-13-26)16-20-8-9-21-22(14-20)29-17-28-21/h3-9,14,18H,10-13,15-17H2,1-2H3. The van der Waals surface area contributed by atoms with E-state index < -0.39 is 0 Å². The van der Waals surface area contributed by atoms with Gasteiger partial charge in [0.2, 0.25) is 12.7 Å². The number of amides is 1. The van der Waals surface area contributed by atoms with Crippen LogP contribution in [0.15, 0.2) is 48.5 Å². The van der Waals surface area contributed by atoms with Crippen molar-refractivity contribution in [1.82, 2.24) is 14.7 Å². The van der Waals surface area contributed by atoms with E-state index >= 15 is 0 Å². The minimum absolute atomic E-state index is 0.101. The van der Waals surface area contributed by atoms with Crippen LogP contribution in [-0.4, -0.2) is 66.7 Å². The highest BCUT2D eigenvalue weighted by Crippen LogP contribution is 2.32. The van der Waals surface area contributed by atoms with Gasteiger partial charge in [0, 0.05) is 46.3 Å². The number of carbonyl (C=O) groups excluding carboxylic acids is 1. The quantitative estimate of drug-likeness (QED) is 0.752. The zero-order valence-electron chi connectivity index (χ0n) is 17.2. The van der Waals surface area contributed by atoms with E-state index in [0.717, 1.165) is 49.8 Å². The molecule has 2 aliphatic rings. The van der Waals surface area contributed by atoms with Gasteiger partial charge >= 0.3 is 0 Å². The number of benzene rings is 2. The van der Waals surface area contributed by atoms with Crippen LogP contribution >= 0.6 is 0 Å². The van der Waals surface area contributed by atoms with Gasteiger partial charge in [-0.05, 0) is 30.2 Å². The van der Waals surface area contributed by atoms with Crippen molar-refractivity contribution in [1.29, 1.82) is 0 Å². The van der Waals surface area contributed by atoms with Crippen molar-refractivity contribution < 1.29 is 14.3 Å². The topological polar surface area (TPSA) is 45.3 Å². The summed E-state index contributed by atoms with van der Waals surface area (Å²) in [6.45, 7) is 7.57. The molecule has 4 rings (SSSR count). The van der Waals surface area contributed by atoms with Crippen LogP contribution in [0.25, 0.3) is 0 Å². The van der Waals surface area contributed by atoms with E-state index in [-0.39, 0.29) is 11.9 Å². The van der Waals surface area contributed by atoms with Crippen molar-refractivity contribution in [2.75, 3.05) is 40.0 Å². The number of hydrogen-bond acceptors (Lipinski definition) is 5. The summed E-state index contributed by atoms with van der Waals surface area (Å²) in [5.41, 5.74) is 2.39. The van der Waals surface area contributed by atoms with Crippen LogP contribution < -0.4 is 9.47 Å². The summed E-state index contributed by atoms with van der Waals surface area (Å²) in [6.07, 6.45) is 0. The van der Waals surface area contributed by atoms with E-state index in [4.69, 9.17) is 9.47 Å². The smallest absolute Gasteiger partial charge is 0.239 e. The average molecular weight is 396 g/mol. The van der Waals surface area contributed by atoms with Gasteiger partial charge in [-0.25, -0.2) is 0 Å². The lowest BCUT2D eigenvalue weighted by Gasteiger charge is -2.38. The number of rotatable bonds is 6.